The Hall–Kier alpha value is -2.90. The molecule has 2 aromatic carbocycles. The zero-order valence-electron chi connectivity index (χ0n) is 18.3. The highest BCUT2D eigenvalue weighted by molar-refractivity contribution is 5.86. The van der Waals surface area contributed by atoms with Crippen LogP contribution in [-0.4, -0.2) is 36.8 Å². The molecule has 4 nitrogen and oxygen atoms in total. The van der Waals surface area contributed by atoms with E-state index in [-0.39, 0.29) is 43.0 Å². The van der Waals surface area contributed by atoms with Crippen LogP contribution in [0.4, 0.5) is 13.2 Å². The van der Waals surface area contributed by atoms with E-state index in [0.717, 1.165) is 6.07 Å². The van der Waals surface area contributed by atoms with E-state index in [9.17, 15) is 23.1 Å². The number of rotatable bonds is 11. The molecule has 0 saturated heterocycles. The molecule has 0 aliphatic carbocycles. The summed E-state index contributed by atoms with van der Waals surface area (Å²) in [5.74, 6) is -2.05. The van der Waals surface area contributed by atoms with Gasteiger partial charge in [-0.25, -0.2) is 13.2 Å². The highest BCUT2D eigenvalue weighted by Gasteiger charge is 2.17. The van der Waals surface area contributed by atoms with Crippen LogP contribution in [-0.2, 0) is 4.79 Å². The van der Waals surface area contributed by atoms with Crippen molar-refractivity contribution < 1.29 is 23.1 Å². The zero-order valence-corrected chi connectivity index (χ0v) is 18.3. The number of aliphatic hydroxyl groups excluding tert-OH is 1. The third-order valence-electron chi connectivity index (χ3n) is 5.29. The van der Waals surface area contributed by atoms with Gasteiger partial charge in [0.05, 0.1) is 6.61 Å². The van der Waals surface area contributed by atoms with Gasteiger partial charge < -0.3 is 15.7 Å². The lowest BCUT2D eigenvalue weighted by atomic mass is 9.94. The summed E-state index contributed by atoms with van der Waals surface area (Å²) in [6.07, 6.45) is 4.04. The molecule has 2 atom stereocenters. The van der Waals surface area contributed by atoms with E-state index in [1.54, 1.807) is 38.3 Å². The number of hydrogen-bond acceptors (Lipinski definition) is 3. The quantitative estimate of drug-likeness (QED) is 0.355. The molecule has 0 saturated carbocycles. The predicted octanol–water partition coefficient (Wildman–Crippen LogP) is 4.37. The van der Waals surface area contributed by atoms with Crippen molar-refractivity contribution in [2.24, 2.45) is 0 Å². The molecule has 0 aliphatic rings. The highest BCUT2D eigenvalue weighted by atomic mass is 19.1. The van der Waals surface area contributed by atoms with Gasteiger partial charge in [-0.05, 0) is 67.3 Å². The maximum atomic E-state index is 14.2. The number of aliphatic hydroxyl groups is 1. The average Bonchev–Trinajstić information content (AvgIpc) is 2.77. The second-order valence-corrected chi connectivity index (χ2v) is 7.59. The lowest BCUT2D eigenvalue weighted by Crippen LogP contribution is -2.40. The Kier molecular flexibility index (Phi) is 9.68. The molecule has 3 N–H and O–H groups in total. The van der Waals surface area contributed by atoms with Crippen LogP contribution >= 0.6 is 0 Å². The standard InChI is InChI=1S/C25H29F3N2O2/c1-4-21(14-22(15-31)29-3)30-25(32)10-7-18(11-17-5-8-19(26)9-6-17)23-12-20(27)13-24(28)16(23)2/h4-6,8-9,11-13,21-22,29,31H,1,7,10,14-15H2,2-3H3,(H,30,32)/b18-11+. The number of likely N-dealkylation sites (N-methyl/N-ethyl adjacent to an activating group) is 1. The van der Waals surface area contributed by atoms with Crippen LogP contribution in [0.2, 0.25) is 0 Å². The van der Waals surface area contributed by atoms with Crippen LogP contribution in [0.3, 0.4) is 0 Å². The van der Waals surface area contributed by atoms with Crippen LogP contribution in [0, 0.1) is 24.4 Å². The minimum atomic E-state index is -0.716. The molecule has 0 bridgehead atoms. The topological polar surface area (TPSA) is 61.4 Å². The first-order valence-corrected chi connectivity index (χ1v) is 10.4. The molecule has 1 amide bonds. The van der Waals surface area contributed by atoms with Gasteiger partial charge in [0.2, 0.25) is 5.91 Å². The Bertz CT molecular complexity index is 954. The maximum Gasteiger partial charge on any atom is 0.220 e. The number of nitrogens with one attached hydrogen (secondary N) is 2. The Morgan fingerprint density at radius 3 is 2.41 bits per heavy atom. The Labute approximate surface area is 186 Å². The molecule has 32 heavy (non-hydrogen) atoms. The highest BCUT2D eigenvalue weighted by Crippen LogP contribution is 2.28. The van der Waals surface area contributed by atoms with Gasteiger partial charge in [0.25, 0.3) is 0 Å². The number of halogens is 3. The summed E-state index contributed by atoms with van der Waals surface area (Å²) >= 11 is 0. The number of allylic oxidation sites excluding steroid dienone is 1. The summed E-state index contributed by atoms with van der Waals surface area (Å²) in [6.45, 7) is 5.19. The SMILES string of the molecule is C=CC(CC(CO)NC)NC(=O)CC/C(=C\c1ccc(F)cc1)c1cc(F)cc(F)c1C. The van der Waals surface area contributed by atoms with Gasteiger partial charge in [0, 0.05) is 24.6 Å². The third kappa shape index (κ3) is 7.35. The van der Waals surface area contributed by atoms with E-state index in [0.29, 0.717) is 23.1 Å². The first-order valence-electron chi connectivity index (χ1n) is 10.4. The summed E-state index contributed by atoms with van der Waals surface area (Å²) in [7, 11) is 1.72. The Balaban J connectivity index is 2.23. The molecule has 0 aliphatic heterocycles. The van der Waals surface area contributed by atoms with Crippen molar-refractivity contribution in [1.82, 2.24) is 10.6 Å². The predicted molar refractivity (Wildman–Crippen MR) is 121 cm³/mol. The normalized spacial score (nSPS) is 13.5. The molecule has 2 aromatic rings. The summed E-state index contributed by atoms with van der Waals surface area (Å²) < 4.78 is 41.4. The monoisotopic (exact) mass is 446 g/mol. The minimum Gasteiger partial charge on any atom is -0.395 e. The van der Waals surface area contributed by atoms with Gasteiger partial charge in [-0.2, -0.15) is 0 Å². The van der Waals surface area contributed by atoms with Crippen LogP contribution in [0.1, 0.15) is 36.0 Å². The van der Waals surface area contributed by atoms with E-state index in [1.165, 1.54) is 18.2 Å². The van der Waals surface area contributed by atoms with Crippen molar-refractivity contribution in [1.29, 1.82) is 0 Å². The Morgan fingerprint density at radius 2 is 1.81 bits per heavy atom. The van der Waals surface area contributed by atoms with E-state index in [4.69, 9.17) is 0 Å². The molecule has 172 valence electrons. The molecule has 0 spiro atoms. The van der Waals surface area contributed by atoms with Gasteiger partial charge >= 0.3 is 0 Å². The number of benzene rings is 2. The van der Waals surface area contributed by atoms with E-state index < -0.39 is 17.5 Å². The van der Waals surface area contributed by atoms with Crippen molar-refractivity contribution in [2.75, 3.05) is 13.7 Å². The van der Waals surface area contributed by atoms with E-state index in [1.807, 2.05) is 0 Å². The van der Waals surface area contributed by atoms with Crippen molar-refractivity contribution in [3.05, 3.63) is 83.2 Å². The number of amides is 1. The fraction of sp³-hybridized carbons (Fsp3) is 0.320. The van der Waals surface area contributed by atoms with Crippen molar-refractivity contribution in [2.45, 2.75) is 38.3 Å². The zero-order chi connectivity index (χ0) is 23.7. The second kappa shape index (κ2) is 12.2. The van der Waals surface area contributed by atoms with Crippen molar-refractivity contribution in [3.8, 4) is 0 Å². The van der Waals surface area contributed by atoms with Crippen molar-refractivity contribution >= 4 is 17.6 Å². The summed E-state index contributed by atoms with van der Waals surface area (Å²) in [6, 6.07) is 7.22. The fourth-order valence-electron chi connectivity index (χ4n) is 3.36. The minimum absolute atomic E-state index is 0.0677. The fourth-order valence-corrected chi connectivity index (χ4v) is 3.36. The summed E-state index contributed by atoms with van der Waals surface area (Å²) in [5.41, 5.74) is 1.83. The second-order valence-electron chi connectivity index (χ2n) is 7.59. The first-order chi connectivity index (χ1) is 15.3. The maximum absolute atomic E-state index is 14.2. The van der Waals surface area contributed by atoms with Crippen LogP contribution < -0.4 is 10.6 Å². The molecular formula is C25H29F3N2O2. The number of hydrogen-bond donors (Lipinski definition) is 3. The lowest BCUT2D eigenvalue weighted by Gasteiger charge is -2.20. The molecule has 7 heteroatoms. The molecule has 0 aromatic heterocycles. The smallest absolute Gasteiger partial charge is 0.220 e. The lowest BCUT2D eigenvalue weighted by molar-refractivity contribution is -0.121. The van der Waals surface area contributed by atoms with Gasteiger partial charge in [0.15, 0.2) is 0 Å². The number of carbonyl (C=O) groups is 1. The molecule has 2 rings (SSSR count). The number of carbonyl (C=O) groups excluding carboxylic acids is 1. The average molecular weight is 447 g/mol. The summed E-state index contributed by atoms with van der Waals surface area (Å²) in [5, 5.41) is 15.1. The third-order valence-corrected chi connectivity index (χ3v) is 5.29. The van der Waals surface area contributed by atoms with Crippen LogP contribution in [0.5, 0.6) is 0 Å². The first kappa shape index (κ1) is 25.4. The van der Waals surface area contributed by atoms with E-state index >= 15 is 0 Å². The van der Waals surface area contributed by atoms with Gasteiger partial charge in [-0.3, -0.25) is 4.79 Å². The molecule has 0 radical (unpaired) electrons. The van der Waals surface area contributed by atoms with Crippen molar-refractivity contribution in [3.63, 3.8) is 0 Å². The molecule has 2 unspecified atom stereocenters. The van der Waals surface area contributed by atoms with Crippen LogP contribution in [0.15, 0.2) is 49.1 Å². The van der Waals surface area contributed by atoms with Gasteiger partial charge in [0.1, 0.15) is 17.5 Å². The van der Waals surface area contributed by atoms with Gasteiger partial charge in [-0.1, -0.05) is 24.3 Å². The molecule has 0 fully saturated rings. The Morgan fingerprint density at radius 1 is 1.12 bits per heavy atom. The van der Waals surface area contributed by atoms with E-state index in [2.05, 4.69) is 17.2 Å². The molecule has 0 heterocycles. The molecular weight excluding hydrogens is 417 g/mol. The van der Waals surface area contributed by atoms with Gasteiger partial charge in [-0.15, -0.1) is 6.58 Å². The summed E-state index contributed by atoms with van der Waals surface area (Å²) in [4.78, 5) is 12.6. The largest absolute Gasteiger partial charge is 0.395 e. The van der Waals surface area contributed by atoms with Crippen LogP contribution in [0.25, 0.3) is 11.6 Å².